The fraction of sp³-hybridized carbons (Fsp3) is 0.435. The Kier molecular flexibility index (Phi) is 6.64. The Labute approximate surface area is 185 Å². The van der Waals surface area contributed by atoms with Crippen molar-refractivity contribution in [3.05, 3.63) is 71.2 Å². The molecule has 0 bridgehead atoms. The second kappa shape index (κ2) is 9.60. The summed E-state index contributed by atoms with van der Waals surface area (Å²) >= 11 is 0. The van der Waals surface area contributed by atoms with Crippen molar-refractivity contribution in [3.8, 4) is 0 Å². The van der Waals surface area contributed by atoms with E-state index in [1.165, 1.54) is 18.4 Å². The Morgan fingerprint density at radius 3 is 2.75 bits per heavy atom. The highest BCUT2D eigenvalue weighted by Crippen LogP contribution is 2.23. The number of rotatable bonds is 7. The smallest absolute Gasteiger partial charge is 0.287 e. The van der Waals surface area contributed by atoms with Gasteiger partial charge in [0.2, 0.25) is 0 Å². The number of benzene rings is 1. The Morgan fingerprint density at radius 2 is 2.03 bits per heavy atom. The van der Waals surface area contributed by atoms with E-state index in [9.17, 15) is 13.6 Å². The van der Waals surface area contributed by atoms with Gasteiger partial charge in [0.1, 0.15) is 17.5 Å². The molecule has 1 aromatic carbocycles. The first-order valence-electron chi connectivity index (χ1n) is 10.8. The van der Waals surface area contributed by atoms with Crippen LogP contribution >= 0.6 is 0 Å². The number of nitrogens with zero attached hydrogens (tertiary/aromatic N) is 4. The van der Waals surface area contributed by atoms with Crippen molar-refractivity contribution >= 4 is 5.91 Å². The van der Waals surface area contributed by atoms with Crippen LogP contribution in [0.15, 0.2) is 41.0 Å². The molecule has 0 aliphatic carbocycles. The van der Waals surface area contributed by atoms with Gasteiger partial charge in [-0.3, -0.25) is 9.69 Å². The van der Waals surface area contributed by atoms with Crippen molar-refractivity contribution in [2.75, 3.05) is 13.1 Å². The lowest BCUT2D eigenvalue weighted by Gasteiger charge is -2.22. The van der Waals surface area contributed by atoms with Crippen LogP contribution in [-0.4, -0.2) is 38.7 Å². The maximum atomic E-state index is 14.1. The first kappa shape index (κ1) is 22.1. The van der Waals surface area contributed by atoms with E-state index >= 15 is 0 Å². The monoisotopic (exact) mass is 443 g/mol. The maximum Gasteiger partial charge on any atom is 0.287 e. The molecule has 3 aromatic rings. The van der Waals surface area contributed by atoms with E-state index in [2.05, 4.69) is 38.8 Å². The molecule has 1 atom stereocenters. The van der Waals surface area contributed by atoms with Gasteiger partial charge in [0.15, 0.2) is 11.6 Å². The minimum absolute atomic E-state index is 0.252. The zero-order chi connectivity index (χ0) is 22.7. The molecule has 0 saturated heterocycles. The van der Waals surface area contributed by atoms with Gasteiger partial charge in [-0.05, 0) is 30.5 Å². The summed E-state index contributed by atoms with van der Waals surface area (Å²) in [6, 6.07) is 6.67. The minimum Gasteiger partial charge on any atom is -0.459 e. The summed E-state index contributed by atoms with van der Waals surface area (Å²) in [7, 11) is 0. The third-order valence-electron chi connectivity index (χ3n) is 5.63. The molecule has 4 rings (SSSR count). The van der Waals surface area contributed by atoms with Crippen LogP contribution in [0.2, 0.25) is 0 Å². The number of carbonyl (C=O) groups excluding carboxylic acids is 1. The highest BCUT2D eigenvalue weighted by Gasteiger charge is 2.27. The molecule has 0 saturated carbocycles. The Balaban J connectivity index is 1.49. The largest absolute Gasteiger partial charge is 0.459 e. The van der Waals surface area contributed by atoms with E-state index in [0.29, 0.717) is 56.3 Å². The van der Waals surface area contributed by atoms with Crippen LogP contribution in [0.4, 0.5) is 8.78 Å². The van der Waals surface area contributed by atoms with E-state index in [0.717, 1.165) is 11.9 Å². The molecule has 7 nitrogen and oxygen atoms in total. The molecule has 1 amide bonds. The van der Waals surface area contributed by atoms with Gasteiger partial charge < -0.3 is 14.3 Å². The zero-order valence-electron chi connectivity index (χ0n) is 18.2. The molecule has 0 radical (unpaired) electrons. The number of fused-ring (bicyclic) bond motifs is 1. The van der Waals surface area contributed by atoms with E-state index in [-0.39, 0.29) is 17.7 Å². The van der Waals surface area contributed by atoms with E-state index in [1.807, 2.05) is 0 Å². The van der Waals surface area contributed by atoms with Gasteiger partial charge in [0, 0.05) is 44.2 Å². The summed E-state index contributed by atoms with van der Waals surface area (Å²) in [6.07, 6.45) is 2.82. The number of hydrogen-bond acceptors (Lipinski definition) is 5. The number of hydrogen-bond donors (Lipinski definition) is 1. The highest BCUT2D eigenvalue weighted by molar-refractivity contribution is 5.91. The lowest BCUT2D eigenvalue weighted by Crippen LogP contribution is -2.32. The number of halogens is 2. The number of nitrogens with one attached hydrogen (secondary N) is 1. The van der Waals surface area contributed by atoms with E-state index in [1.54, 1.807) is 12.1 Å². The van der Waals surface area contributed by atoms with Gasteiger partial charge in [0.05, 0.1) is 12.3 Å². The molecular weight excluding hydrogens is 416 g/mol. The summed E-state index contributed by atoms with van der Waals surface area (Å²) < 4.78 is 34.6. The van der Waals surface area contributed by atoms with Crippen LogP contribution in [0.25, 0.3) is 0 Å². The van der Waals surface area contributed by atoms with Crippen LogP contribution in [0, 0.1) is 17.6 Å². The lowest BCUT2D eigenvalue weighted by molar-refractivity contribution is 0.0900. The molecule has 2 aromatic heterocycles. The molecule has 0 fully saturated rings. The average Bonchev–Trinajstić information content (AvgIpc) is 3.37. The highest BCUT2D eigenvalue weighted by atomic mass is 19.1. The van der Waals surface area contributed by atoms with Crippen molar-refractivity contribution in [1.82, 2.24) is 25.0 Å². The molecule has 3 heterocycles. The van der Waals surface area contributed by atoms with Gasteiger partial charge in [-0.1, -0.05) is 19.9 Å². The van der Waals surface area contributed by atoms with E-state index < -0.39 is 11.6 Å². The minimum atomic E-state index is -0.578. The van der Waals surface area contributed by atoms with Crippen molar-refractivity contribution in [2.45, 2.75) is 45.8 Å². The fourth-order valence-electron chi connectivity index (χ4n) is 4.03. The normalized spacial score (nSPS) is 15.4. The Bertz CT molecular complexity index is 1060. The fourth-order valence-corrected chi connectivity index (χ4v) is 4.03. The third-order valence-corrected chi connectivity index (χ3v) is 5.63. The van der Waals surface area contributed by atoms with Crippen molar-refractivity contribution in [3.63, 3.8) is 0 Å². The predicted molar refractivity (Wildman–Crippen MR) is 114 cm³/mol. The van der Waals surface area contributed by atoms with Gasteiger partial charge in [-0.2, -0.15) is 0 Å². The van der Waals surface area contributed by atoms with Crippen LogP contribution in [0.5, 0.6) is 0 Å². The number of amides is 1. The van der Waals surface area contributed by atoms with Crippen molar-refractivity contribution < 1.29 is 18.0 Å². The lowest BCUT2D eigenvalue weighted by atomic mass is 10.0. The van der Waals surface area contributed by atoms with Crippen LogP contribution < -0.4 is 5.32 Å². The summed E-state index contributed by atoms with van der Waals surface area (Å²) in [4.78, 5) is 14.7. The molecule has 0 spiro atoms. The molecule has 9 heteroatoms. The van der Waals surface area contributed by atoms with Crippen LogP contribution in [0.3, 0.4) is 0 Å². The van der Waals surface area contributed by atoms with Crippen LogP contribution in [0.1, 0.15) is 54.1 Å². The molecule has 32 heavy (non-hydrogen) atoms. The molecule has 0 unspecified atom stereocenters. The zero-order valence-corrected chi connectivity index (χ0v) is 18.2. The quantitative estimate of drug-likeness (QED) is 0.602. The molecule has 170 valence electrons. The molecule has 1 aliphatic rings. The van der Waals surface area contributed by atoms with Gasteiger partial charge in [-0.25, -0.2) is 8.78 Å². The standard InChI is InChI=1S/C23H27F2N5O2/c1-15(2)12-19(26-23(31)20-4-3-11-32-20)22-28-27-21-7-8-29(9-10-30(21)22)14-16-5-6-17(24)13-18(16)25/h3-6,11,13,15,19H,7-10,12,14H2,1-2H3,(H,26,31)/t19-/m0/s1. The third kappa shape index (κ3) is 5.04. The Morgan fingerprint density at radius 1 is 1.19 bits per heavy atom. The second-order valence-corrected chi connectivity index (χ2v) is 8.52. The molecule has 1 aliphatic heterocycles. The van der Waals surface area contributed by atoms with E-state index in [4.69, 9.17) is 4.42 Å². The van der Waals surface area contributed by atoms with Crippen LogP contribution in [-0.2, 0) is 19.5 Å². The van der Waals surface area contributed by atoms with Gasteiger partial charge in [0.25, 0.3) is 5.91 Å². The second-order valence-electron chi connectivity index (χ2n) is 8.52. The summed E-state index contributed by atoms with van der Waals surface area (Å²) in [5.74, 6) is 0.722. The summed E-state index contributed by atoms with van der Waals surface area (Å²) in [6.45, 7) is 6.53. The predicted octanol–water partition coefficient (Wildman–Crippen LogP) is 3.72. The van der Waals surface area contributed by atoms with Crippen molar-refractivity contribution in [1.29, 1.82) is 0 Å². The molecule has 1 N–H and O–H groups in total. The first-order valence-corrected chi connectivity index (χ1v) is 10.8. The van der Waals surface area contributed by atoms with Gasteiger partial charge >= 0.3 is 0 Å². The van der Waals surface area contributed by atoms with Crippen molar-refractivity contribution in [2.24, 2.45) is 5.92 Å². The summed E-state index contributed by atoms with van der Waals surface area (Å²) in [5.41, 5.74) is 0.465. The number of carbonyl (C=O) groups is 1. The topological polar surface area (TPSA) is 76.2 Å². The Hall–Kier alpha value is -3.07. The SMILES string of the molecule is CC(C)C[C@H](NC(=O)c1ccco1)c1nnc2n1CCN(Cc1ccc(F)cc1F)CC2. The first-order chi connectivity index (χ1) is 15.4. The van der Waals surface area contributed by atoms with Gasteiger partial charge in [-0.15, -0.1) is 10.2 Å². The maximum absolute atomic E-state index is 14.1. The summed E-state index contributed by atoms with van der Waals surface area (Å²) in [5, 5.41) is 11.8. The molecular formula is C23H27F2N5O2. The average molecular weight is 443 g/mol. The number of furan rings is 1. The number of aromatic nitrogens is 3.